The van der Waals surface area contributed by atoms with Crippen molar-refractivity contribution >= 4 is 46.6 Å². The number of nitrogens with zero attached hydrogens (tertiary/aromatic N) is 1. The average Bonchev–Trinajstić information content (AvgIpc) is 3.21. The van der Waals surface area contributed by atoms with E-state index >= 15 is 0 Å². The number of alkyl halides is 2. The molecule has 0 aromatic heterocycles. The number of rotatable bonds is 7. The highest BCUT2D eigenvalue weighted by molar-refractivity contribution is 6.58. The number of benzene rings is 1. The lowest BCUT2D eigenvalue weighted by Crippen LogP contribution is -2.63. The normalized spacial score (nSPS) is 31.8. The Bertz CT molecular complexity index is 1030. The topological polar surface area (TPSA) is 89.9 Å². The van der Waals surface area contributed by atoms with E-state index < -0.39 is 32.7 Å². The van der Waals surface area contributed by atoms with Crippen molar-refractivity contribution in [2.24, 2.45) is 28.6 Å². The lowest BCUT2D eigenvalue weighted by Gasteiger charge is -2.51. The van der Waals surface area contributed by atoms with E-state index in [1.807, 2.05) is 39.8 Å². The fourth-order valence-corrected chi connectivity index (χ4v) is 7.84. The Morgan fingerprint density at radius 3 is 2.21 bits per heavy atom. The molecule has 3 N–H and O–H groups in total. The third-order valence-corrected chi connectivity index (χ3v) is 11.0. The highest BCUT2D eigenvalue weighted by Crippen LogP contribution is 2.58. The number of hydrogen-bond donors (Lipinski definition) is 3. The molecular formula is C29H41Cl3N2O4. The van der Waals surface area contributed by atoms with Gasteiger partial charge in [-0.2, -0.15) is 0 Å². The molecular weight excluding hydrogens is 547 g/mol. The van der Waals surface area contributed by atoms with Crippen LogP contribution in [0.15, 0.2) is 24.3 Å². The van der Waals surface area contributed by atoms with E-state index in [4.69, 9.17) is 34.8 Å². The Balaban J connectivity index is 1.50. The number of nitrogens with one attached hydrogen (secondary N) is 1. The largest absolute Gasteiger partial charge is 0.396 e. The molecule has 0 radical (unpaired) electrons. The van der Waals surface area contributed by atoms with Crippen molar-refractivity contribution in [1.29, 1.82) is 0 Å². The molecule has 6 nitrogen and oxygen atoms in total. The summed E-state index contributed by atoms with van der Waals surface area (Å²) in [6.45, 7) is 7.98. The molecule has 38 heavy (non-hydrogen) atoms. The smallest absolute Gasteiger partial charge is 0.257 e. The van der Waals surface area contributed by atoms with E-state index in [1.54, 1.807) is 17.0 Å². The summed E-state index contributed by atoms with van der Waals surface area (Å²) in [5.41, 5.74) is -1.97. The van der Waals surface area contributed by atoms with Crippen LogP contribution in [0.4, 0.5) is 0 Å². The van der Waals surface area contributed by atoms with Gasteiger partial charge in [-0.25, -0.2) is 0 Å². The summed E-state index contributed by atoms with van der Waals surface area (Å²) < 4.78 is -1.85. The average molecular weight is 588 g/mol. The lowest BCUT2D eigenvalue weighted by molar-refractivity contribution is -0.157. The molecule has 2 aliphatic carbocycles. The van der Waals surface area contributed by atoms with E-state index in [9.17, 15) is 19.8 Å². The Hall–Kier alpha value is -1.05. The fraction of sp³-hybridized carbons (Fsp3) is 0.724. The Morgan fingerprint density at radius 2 is 1.71 bits per heavy atom. The van der Waals surface area contributed by atoms with Crippen molar-refractivity contribution in [2.75, 3.05) is 19.7 Å². The minimum Gasteiger partial charge on any atom is -0.396 e. The molecule has 2 amide bonds. The maximum Gasteiger partial charge on any atom is 0.257 e. The maximum absolute atomic E-state index is 13.8. The minimum atomic E-state index is -1.85. The third kappa shape index (κ3) is 5.21. The van der Waals surface area contributed by atoms with Crippen molar-refractivity contribution in [1.82, 2.24) is 10.2 Å². The van der Waals surface area contributed by atoms with E-state index in [1.165, 1.54) is 0 Å². The molecule has 9 heteroatoms. The molecule has 1 aromatic rings. The molecule has 1 saturated heterocycles. The van der Waals surface area contributed by atoms with Crippen molar-refractivity contribution in [3.63, 3.8) is 0 Å². The number of likely N-dealkylation sites (tertiary alicyclic amines) is 1. The van der Waals surface area contributed by atoms with Gasteiger partial charge in [0.05, 0.1) is 12.2 Å². The Labute approximate surface area is 241 Å². The third-order valence-electron chi connectivity index (χ3n) is 9.56. The number of aliphatic hydroxyl groups is 2. The van der Waals surface area contributed by atoms with Gasteiger partial charge < -0.3 is 20.4 Å². The van der Waals surface area contributed by atoms with Gasteiger partial charge in [-0.15, -0.1) is 0 Å². The standard InChI is InChI=1S/C29H41Cl3N2O4/c1-18(2)23(33-25(37)29(31,32)27(17-35)14-19-5-6-20(13-19)15-27)24(36)34-12-11-28(38,26(3,4)16-34)21-7-9-22(30)10-8-21/h7-10,18-20,23,35,38H,5-6,11-17H2,1-4H3,(H,33,37)/t19?,20?,23-,27?,28+/m1/s1. The highest BCUT2D eigenvalue weighted by Gasteiger charge is 2.59. The van der Waals surface area contributed by atoms with Gasteiger partial charge >= 0.3 is 0 Å². The quantitative estimate of drug-likeness (QED) is 0.378. The number of hydrogen-bond acceptors (Lipinski definition) is 4. The molecule has 1 aliphatic heterocycles. The molecule has 1 heterocycles. The van der Waals surface area contributed by atoms with Gasteiger partial charge in [-0.1, -0.05) is 87.5 Å². The van der Waals surface area contributed by atoms with Crippen LogP contribution in [0.5, 0.6) is 0 Å². The zero-order valence-corrected chi connectivity index (χ0v) is 25.0. The van der Waals surface area contributed by atoms with Gasteiger partial charge in [0, 0.05) is 28.9 Å². The van der Waals surface area contributed by atoms with Crippen molar-refractivity contribution in [3.8, 4) is 0 Å². The van der Waals surface area contributed by atoms with Crippen LogP contribution >= 0.6 is 34.8 Å². The summed E-state index contributed by atoms with van der Waals surface area (Å²) in [5, 5.41) is 25.6. The second kappa shape index (κ2) is 10.7. The number of piperidine rings is 1. The van der Waals surface area contributed by atoms with Gasteiger partial charge in [0.1, 0.15) is 6.04 Å². The monoisotopic (exact) mass is 586 g/mol. The Morgan fingerprint density at radius 1 is 1.13 bits per heavy atom. The summed E-state index contributed by atoms with van der Waals surface area (Å²) >= 11 is 19.7. The summed E-state index contributed by atoms with van der Waals surface area (Å²) in [4.78, 5) is 29.1. The van der Waals surface area contributed by atoms with Crippen LogP contribution in [0.2, 0.25) is 5.02 Å². The number of fused-ring (bicyclic) bond motifs is 2. The summed E-state index contributed by atoms with van der Waals surface area (Å²) in [6.07, 6.45) is 4.77. The molecule has 4 rings (SSSR count). The van der Waals surface area contributed by atoms with E-state index in [2.05, 4.69) is 5.32 Å². The van der Waals surface area contributed by atoms with Gasteiger partial charge in [-0.05, 0) is 61.1 Å². The zero-order chi connectivity index (χ0) is 28.1. The molecule has 212 valence electrons. The predicted molar refractivity (Wildman–Crippen MR) is 151 cm³/mol. The second-order valence-corrected chi connectivity index (χ2v) is 14.7. The van der Waals surface area contributed by atoms with Crippen LogP contribution < -0.4 is 5.32 Å². The first-order valence-corrected chi connectivity index (χ1v) is 14.9. The summed E-state index contributed by atoms with van der Waals surface area (Å²) in [5.74, 6) is -0.267. The lowest BCUT2D eigenvalue weighted by atomic mass is 9.66. The van der Waals surface area contributed by atoms with Crippen molar-refractivity contribution < 1.29 is 19.8 Å². The SMILES string of the molecule is CC(C)[C@@H](NC(=O)C(Cl)(Cl)C1(CO)CC2CCC(C2)C1)C(=O)N1CC[C@](O)(c2ccc(Cl)cc2)C(C)(C)C1. The number of carbonyl (C=O) groups is 2. The summed E-state index contributed by atoms with van der Waals surface area (Å²) in [6, 6.07) is 6.33. The molecule has 2 bridgehead atoms. The molecule has 0 spiro atoms. The van der Waals surface area contributed by atoms with Gasteiger partial charge in [0.2, 0.25) is 10.2 Å². The summed E-state index contributed by atoms with van der Waals surface area (Å²) in [7, 11) is 0. The maximum atomic E-state index is 13.8. The van der Waals surface area contributed by atoms with Crippen LogP contribution in [-0.2, 0) is 15.2 Å². The first-order valence-electron chi connectivity index (χ1n) is 13.7. The number of aliphatic hydroxyl groups excluding tert-OH is 1. The highest BCUT2D eigenvalue weighted by atomic mass is 35.5. The van der Waals surface area contributed by atoms with Crippen LogP contribution in [0.3, 0.4) is 0 Å². The molecule has 4 atom stereocenters. The first-order chi connectivity index (χ1) is 17.7. The first kappa shape index (κ1) is 29.9. The minimum absolute atomic E-state index is 0.219. The number of carbonyl (C=O) groups excluding carboxylic acids is 2. The van der Waals surface area contributed by atoms with Crippen LogP contribution in [0, 0.1) is 28.6 Å². The van der Waals surface area contributed by atoms with Crippen LogP contribution in [-0.4, -0.2) is 57.0 Å². The molecule has 3 fully saturated rings. The van der Waals surface area contributed by atoms with E-state index in [0.29, 0.717) is 49.2 Å². The predicted octanol–water partition coefficient (Wildman–Crippen LogP) is 5.29. The zero-order valence-electron chi connectivity index (χ0n) is 22.8. The van der Waals surface area contributed by atoms with Crippen molar-refractivity contribution in [2.45, 2.75) is 82.2 Å². The molecule has 3 aliphatic rings. The van der Waals surface area contributed by atoms with Crippen LogP contribution in [0.25, 0.3) is 0 Å². The molecule has 1 aromatic carbocycles. The second-order valence-electron chi connectivity index (χ2n) is 12.9. The fourth-order valence-electron chi connectivity index (χ4n) is 7.18. The number of halogens is 3. The Kier molecular flexibility index (Phi) is 8.45. The van der Waals surface area contributed by atoms with E-state index in [0.717, 1.165) is 24.8 Å². The molecule has 2 unspecified atom stereocenters. The van der Waals surface area contributed by atoms with Crippen molar-refractivity contribution in [3.05, 3.63) is 34.9 Å². The molecule has 2 saturated carbocycles. The van der Waals surface area contributed by atoms with Gasteiger partial charge in [0.15, 0.2) is 0 Å². The van der Waals surface area contributed by atoms with Gasteiger partial charge in [0.25, 0.3) is 5.91 Å². The van der Waals surface area contributed by atoms with E-state index in [-0.39, 0.29) is 18.4 Å². The van der Waals surface area contributed by atoms with Gasteiger partial charge in [-0.3, -0.25) is 9.59 Å². The van der Waals surface area contributed by atoms with Crippen LogP contribution in [0.1, 0.15) is 71.8 Å². The number of amides is 2.